The summed E-state index contributed by atoms with van der Waals surface area (Å²) in [6.45, 7) is 8.58. The Bertz CT molecular complexity index is 652. The van der Waals surface area contributed by atoms with E-state index in [4.69, 9.17) is 23.0 Å². The minimum atomic E-state index is -3.75. The number of hydrogen-bond donors (Lipinski definition) is 0. The molecule has 1 aromatic rings. The van der Waals surface area contributed by atoms with Crippen LogP contribution in [0.4, 0.5) is 0 Å². The Morgan fingerprint density at radius 2 is 1.61 bits per heavy atom. The van der Waals surface area contributed by atoms with Crippen LogP contribution in [0.2, 0.25) is 0 Å². The summed E-state index contributed by atoms with van der Waals surface area (Å²) in [4.78, 5) is 0. The summed E-state index contributed by atoms with van der Waals surface area (Å²) in [6.07, 6.45) is 5.98. The Labute approximate surface area is 169 Å². The van der Waals surface area contributed by atoms with E-state index in [-0.39, 0.29) is 19.0 Å². The van der Waals surface area contributed by atoms with Crippen molar-refractivity contribution < 1.29 is 27.6 Å². The lowest BCUT2D eigenvalue weighted by molar-refractivity contribution is 0.137. The van der Waals surface area contributed by atoms with Crippen molar-refractivity contribution in [2.24, 2.45) is 11.3 Å². The van der Waals surface area contributed by atoms with Gasteiger partial charge in [0, 0.05) is 0 Å². The van der Waals surface area contributed by atoms with Gasteiger partial charge >= 0.3 is 7.82 Å². The Kier molecular flexibility index (Phi) is 8.23. The van der Waals surface area contributed by atoms with Gasteiger partial charge in [-0.1, -0.05) is 26.7 Å². The van der Waals surface area contributed by atoms with Gasteiger partial charge in [0.05, 0.1) is 27.4 Å². The number of ether oxygens (including phenoxy) is 2. The number of rotatable bonds is 10. The van der Waals surface area contributed by atoms with Crippen LogP contribution in [-0.4, -0.2) is 27.4 Å². The standard InChI is InChI=1S/C21H35O6P/c1-7-25-28(22,26-8-2)27-20-18(23-5)14-16(15-19(20)24-6)13-17-11-9-10-12-21(17,3)4/h14-15,17H,7-13H2,1-6H3. The van der Waals surface area contributed by atoms with Crippen molar-refractivity contribution >= 4 is 7.82 Å². The molecule has 0 saturated heterocycles. The summed E-state index contributed by atoms with van der Waals surface area (Å²) in [6, 6.07) is 3.87. The van der Waals surface area contributed by atoms with Gasteiger partial charge in [0.2, 0.25) is 5.75 Å². The van der Waals surface area contributed by atoms with E-state index < -0.39 is 7.82 Å². The van der Waals surface area contributed by atoms with E-state index in [2.05, 4.69) is 13.8 Å². The molecule has 28 heavy (non-hydrogen) atoms. The molecular weight excluding hydrogens is 379 g/mol. The predicted octanol–water partition coefficient (Wildman–Crippen LogP) is 6.02. The molecule has 1 atom stereocenters. The maximum Gasteiger partial charge on any atom is 0.530 e. The lowest BCUT2D eigenvalue weighted by Gasteiger charge is -2.39. The molecule has 1 unspecified atom stereocenters. The topological polar surface area (TPSA) is 63.2 Å². The third-order valence-corrected chi connectivity index (χ3v) is 7.06. The van der Waals surface area contributed by atoms with Crippen molar-refractivity contribution in [3.05, 3.63) is 17.7 Å². The van der Waals surface area contributed by atoms with Gasteiger partial charge in [-0.3, -0.25) is 9.05 Å². The normalized spacial score (nSPS) is 19.3. The van der Waals surface area contributed by atoms with Crippen LogP contribution in [0.3, 0.4) is 0 Å². The van der Waals surface area contributed by atoms with Gasteiger partial charge in [-0.15, -0.1) is 0 Å². The molecule has 1 fully saturated rings. The molecule has 6 nitrogen and oxygen atoms in total. The molecule has 1 aromatic carbocycles. The van der Waals surface area contributed by atoms with Crippen molar-refractivity contribution in [1.29, 1.82) is 0 Å². The average molecular weight is 414 g/mol. The molecule has 1 saturated carbocycles. The first kappa shape index (κ1) is 23.1. The molecule has 0 N–H and O–H groups in total. The van der Waals surface area contributed by atoms with Crippen molar-refractivity contribution in [3.8, 4) is 17.2 Å². The fraction of sp³-hybridized carbons (Fsp3) is 0.714. The zero-order chi connectivity index (χ0) is 20.8. The van der Waals surface area contributed by atoms with Gasteiger partial charge in [-0.2, -0.15) is 0 Å². The van der Waals surface area contributed by atoms with Gasteiger partial charge in [-0.05, 0) is 62.1 Å². The summed E-state index contributed by atoms with van der Waals surface area (Å²) in [5.41, 5.74) is 1.43. The van der Waals surface area contributed by atoms with Crippen LogP contribution in [0.5, 0.6) is 17.2 Å². The first-order valence-electron chi connectivity index (χ1n) is 10.1. The zero-order valence-electron chi connectivity index (χ0n) is 18.1. The van der Waals surface area contributed by atoms with Gasteiger partial charge < -0.3 is 14.0 Å². The highest BCUT2D eigenvalue weighted by molar-refractivity contribution is 7.48. The van der Waals surface area contributed by atoms with Crippen LogP contribution >= 0.6 is 7.82 Å². The fourth-order valence-electron chi connectivity index (χ4n) is 3.89. The molecule has 0 aromatic heterocycles. The van der Waals surface area contributed by atoms with E-state index in [0.717, 1.165) is 12.0 Å². The molecule has 7 heteroatoms. The molecule has 0 radical (unpaired) electrons. The summed E-state index contributed by atoms with van der Waals surface area (Å²) >= 11 is 0. The Morgan fingerprint density at radius 1 is 1.04 bits per heavy atom. The minimum Gasteiger partial charge on any atom is -0.493 e. The number of phosphoric acid groups is 1. The second kappa shape index (κ2) is 10.00. The van der Waals surface area contributed by atoms with Crippen molar-refractivity contribution in [2.75, 3.05) is 27.4 Å². The highest BCUT2D eigenvalue weighted by Crippen LogP contribution is 2.54. The quantitative estimate of drug-likeness (QED) is 0.436. The molecule has 1 aliphatic rings. The summed E-state index contributed by atoms with van der Waals surface area (Å²) in [5.74, 6) is 1.76. The highest BCUT2D eigenvalue weighted by Gasteiger charge is 2.34. The van der Waals surface area contributed by atoms with Gasteiger partial charge in [-0.25, -0.2) is 4.57 Å². The molecule has 0 heterocycles. The molecule has 0 bridgehead atoms. The lowest BCUT2D eigenvalue weighted by atomic mass is 9.67. The van der Waals surface area contributed by atoms with Crippen LogP contribution in [0.25, 0.3) is 0 Å². The van der Waals surface area contributed by atoms with E-state index in [9.17, 15) is 4.57 Å². The maximum absolute atomic E-state index is 12.8. The van der Waals surface area contributed by atoms with Gasteiger partial charge in [0.15, 0.2) is 11.5 Å². The lowest BCUT2D eigenvalue weighted by Crippen LogP contribution is -2.29. The average Bonchev–Trinajstić information content (AvgIpc) is 2.64. The number of phosphoric ester groups is 1. The van der Waals surface area contributed by atoms with Gasteiger partial charge in [0.1, 0.15) is 0 Å². The highest BCUT2D eigenvalue weighted by atomic mass is 31.2. The van der Waals surface area contributed by atoms with Crippen LogP contribution in [0.1, 0.15) is 58.9 Å². The largest absolute Gasteiger partial charge is 0.530 e. The maximum atomic E-state index is 12.8. The van der Waals surface area contributed by atoms with Crippen LogP contribution in [0.15, 0.2) is 12.1 Å². The van der Waals surface area contributed by atoms with E-state index in [0.29, 0.717) is 22.8 Å². The molecule has 0 amide bonds. The molecule has 1 aliphatic carbocycles. The van der Waals surface area contributed by atoms with E-state index in [1.165, 1.54) is 25.7 Å². The third kappa shape index (κ3) is 5.65. The first-order valence-corrected chi connectivity index (χ1v) is 11.6. The van der Waals surface area contributed by atoms with Crippen LogP contribution < -0.4 is 14.0 Å². The number of methoxy groups -OCH3 is 2. The van der Waals surface area contributed by atoms with E-state index >= 15 is 0 Å². The van der Waals surface area contributed by atoms with Crippen molar-refractivity contribution in [2.45, 2.75) is 59.8 Å². The monoisotopic (exact) mass is 414 g/mol. The molecule has 0 aliphatic heterocycles. The predicted molar refractivity (Wildman–Crippen MR) is 110 cm³/mol. The van der Waals surface area contributed by atoms with Crippen LogP contribution in [-0.2, 0) is 20.0 Å². The third-order valence-electron chi connectivity index (χ3n) is 5.51. The smallest absolute Gasteiger partial charge is 0.493 e. The second-order valence-electron chi connectivity index (χ2n) is 7.84. The summed E-state index contributed by atoms with van der Waals surface area (Å²) in [7, 11) is -0.637. The summed E-state index contributed by atoms with van der Waals surface area (Å²) < 4.78 is 40.1. The first-order chi connectivity index (χ1) is 13.3. The minimum absolute atomic E-state index is 0.205. The fourth-order valence-corrected chi connectivity index (χ4v) is 5.11. The molecule has 160 valence electrons. The van der Waals surface area contributed by atoms with E-state index in [1.54, 1.807) is 28.1 Å². The Morgan fingerprint density at radius 3 is 2.07 bits per heavy atom. The molecule has 2 rings (SSSR count). The van der Waals surface area contributed by atoms with Crippen molar-refractivity contribution in [3.63, 3.8) is 0 Å². The molecule has 0 spiro atoms. The van der Waals surface area contributed by atoms with Gasteiger partial charge in [0.25, 0.3) is 0 Å². The number of benzene rings is 1. The van der Waals surface area contributed by atoms with Crippen LogP contribution in [0, 0.1) is 11.3 Å². The number of hydrogen-bond acceptors (Lipinski definition) is 6. The second-order valence-corrected chi connectivity index (χ2v) is 9.43. The Hall–Kier alpha value is -1.23. The summed E-state index contributed by atoms with van der Waals surface area (Å²) in [5, 5.41) is 0. The SMILES string of the molecule is CCOP(=O)(OCC)Oc1c(OC)cc(CC2CCCCC2(C)C)cc1OC. The van der Waals surface area contributed by atoms with Crippen molar-refractivity contribution in [1.82, 2.24) is 0 Å². The Balaban J connectivity index is 2.34. The van der Waals surface area contributed by atoms with E-state index in [1.807, 2.05) is 12.1 Å². The zero-order valence-corrected chi connectivity index (χ0v) is 19.0. The molecular formula is C21H35O6P.